The molecule has 8 nitrogen and oxygen atoms in total. The molecule has 3 aromatic heterocycles. The number of nitrogens with one attached hydrogen (secondary N) is 2. The molecule has 0 spiro atoms. The van der Waals surface area contributed by atoms with E-state index in [9.17, 15) is 9.59 Å². The van der Waals surface area contributed by atoms with Crippen LogP contribution in [0.25, 0.3) is 16.0 Å². The Hall–Kier alpha value is -2.23. The molecule has 0 fully saturated rings. The minimum Gasteiger partial charge on any atom is -0.476 e. The van der Waals surface area contributed by atoms with Gasteiger partial charge in [0.25, 0.3) is 5.56 Å². The number of pyridine rings is 1. The number of H-pyrrole nitrogens is 1. The van der Waals surface area contributed by atoms with Crippen LogP contribution in [0.2, 0.25) is 5.15 Å². The summed E-state index contributed by atoms with van der Waals surface area (Å²) in [5, 5.41) is 5.34. The summed E-state index contributed by atoms with van der Waals surface area (Å²) in [6.07, 6.45) is 1.57. The fourth-order valence-electron chi connectivity index (χ4n) is 2.06. The summed E-state index contributed by atoms with van der Waals surface area (Å²) in [6, 6.07) is 1.44. The quantitative estimate of drug-likeness (QED) is 0.519. The van der Waals surface area contributed by atoms with Gasteiger partial charge in [0, 0.05) is 24.2 Å². The van der Waals surface area contributed by atoms with E-state index in [-0.39, 0.29) is 16.4 Å². The van der Waals surface area contributed by atoms with Gasteiger partial charge in [-0.1, -0.05) is 11.6 Å². The predicted molar refractivity (Wildman–Crippen MR) is 88.1 cm³/mol. The van der Waals surface area contributed by atoms with Crippen LogP contribution in [0.4, 0.5) is 0 Å². The van der Waals surface area contributed by atoms with Crippen molar-refractivity contribution in [3.63, 3.8) is 0 Å². The zero-order valence-electron chi connectivity index (χ0n) is 12.0. The predicted octanol–water partition coefficient (Wildman–Crippen LogP) is 0.782. The summed E-state index contributed by atoms with van der Waals surface area (Å²) in [5.41, 5.74) is -0.879. The second kappa shape index (κ2) is 6.49. The van der Waals surface area contributed by atoms with Gasteiger partial charge in [0.15, 0.2) is 5.13 Å². The van der Waals surface area contributed by atoms with E-state index in [1.54, 1.807) is 18.6 Å². The number of likely N-dealkylation sites (N-methyl/N-ethyl adjacent to an activating group) is 1. The molecule has 0 unspecified atom stereocenters. The average Bonchev–Trinajstić information content (AvgIpc) is 3.00. The maximum Gasteiger partial charge on any atom is 0.335 e. The molecule has 10 heteroatoms. The first-order valence-corrected chi connectivity index (χ1v) is 7.90. The fourth-order valence-corrected chi connectivity index (χ4v) is 2.90. The molecule has 120 valence electrons. The number of aromatic amines is 1. The number of hydrogen-bond acceptors (Lipinski definition) is 7. The highest BCUT2D eigenvalue weighted by Crippen LogP contribution is 2.25. The van der Waals surface area contributed by atoms with E-state index in [0.717, 1.165) is 0 Å². The average molecular weight is 354 g/mol. The molecule has 0 saturated heterocycles. The van der Waals surface area contributed by atoms with Crippen LogP contribution in [0.1, 0.15) is 0 Å². The van der Waals surface area contributed by atoms with Crippen molar-refractivity contribution in [2.45, 2.75) is 0 Å². The van der Waals surface area contributed by atoms with Crippen molar-refractivity contribution < 1.29 is 4.74 Å². The molecule has 0 amide bonds. The molecule has 3 rings (SSSR count). The monoisotopic (exact) mass is 353 g/mol. The molecule has 0 atom stereocenters. The molecule has 0 aliphatic heterocycles. The molecule has 0 saturated carbocycles. The number of rotatable bonds is 5. The zero-order valence-corrected chi connectivity index (χ0v) is 13.6. The molecule has 2 N–H and O–H groups in total. The van der Waals surface area contributed by atoms with Crippen LogP contribution >= 0.6 is 22.9 Å². The number of fused-ring (bicyclic) bond motifs is 1. The third-order valence-corrected chi connectivity index (χ3v) is 3.98. The Morgan fingerprint density at radius 3 is 3.00 bits per heavy atom. The van der Waals surface area contributed by atoms with Gasteiger partial charge in [0.05, 0.1) is 5.52 Å². The standard InChI is InChI=1S/C13H12ClN5O3S/c1-15-2-4-22-11-9-7(6-8(14)17-11)19(12(21)18-10(9)20)13-16-3-5-23-13/h3,5-6,15H,2,4H2,1H3,(H,18,20,21). The van der Waals surface area contributed by atoms with Crippen molar-refractivity contribution >= 4 is 33.8 Å². The summed E-state index contributed by atoms with van der Waals surface area (Å²) in [4.78, 5) is 34.8. The molecule has 0 radical (unpaired) electrons. The Labute approximate surface area is 138 Å². The lowest BCUT2D eigenvalue weighted by Gasteiger charge is -2.11. The highest BCUT2D eigenvalue weighted by Gasteiger charge is 2.17. The summed E-state index contributed by atoms with van der Waals surface area (Å²) in [5.74, 6) is 0.0781. The van der Waals surface area contributed by atoms with Gasteiger partial charge in [0.1, 0.15) is 17.1 Å². The van der Waals surface area contributed by atoms with Crippen LogP contribution in [0.5, 0.6) is 5.88 Å². The summed E-state index contributed by atoms with van der Waals surface area (Å²) < 4.78 is 6.80. The molecule has 0 aliphatic rings. The number of aromatic nitrogens is 4. The molecular formula is C13H12ClN5O3S. The first-order valence-electron chi connectivity index (χ1n) is 6.64. The third kappa shape index (κ3) is 2.98. The zero-order chi connectivity index (χ0) is 16.4. The van der Waals surface area contributed by atoms with E-state index in [2.05, 4.69) is 20.3 Å². The molecular weight excluding hydrogens is 342 g/mol. The topological polar surface area (TPSA) is 102 Å². The van der Waals surface area contributed by atoms with Crippen LogP contribution in [-0.2, 0) is 0 Å². The van der Waals surface area contributed by atoms with E-state index >= 15 is 0 Å². The van der Waals surface area contributed by atoms with E-state index < -0.39 is 11.2 Å². The van der Waals surface area contributed by atoms with Crippen LogP contribution in [0, 0.1) is 0 Å². The highest BCUT2D eigenvalue weighted by atomic mass is 35.5. The number of thiazole rings is 1. The number of nitrogens with zero attached hydrogens (tertiary/aromatic N) is 3. The molecule has 23 heavy (non-hydrogen) atoms. The normalized spacial score (nSPS) is 11.0. The minimum absolute atomic E-state index is 0.0781. The van der Waals surface area contributed by atoms with Crippen molar-refractivity contribution in [2.75, 3.05) is 20.2 Å². The SMILES string of the molecule is CNCCOc1nc(Cl)cc2c1c(=O)[nH]c(=O)n2-c1nccs1. The van der Waals surface area contributed by atoms with Gasteiger partial charge in [-0.3, -0.25) is 9.78 Å². The van der Waals surface area contributed by atoms with E-state index in [0.29, 0.717) is 23.8 Å². The van der Waals surface area contributed by atoms with Gasteiger partial charge in [-0.25, -0.2) is 19.3 Å². The first kappa shape index (κ1) is 15.7. The molecule has 0 aliphatic carbocycles. The van der Waals surface area contributed by atoms with Crippen molar-refractivity contribution in [3.8, 4) is 11.0 Å². The van der Waals surface area contributed by atoms with E-state index in [1.807, 2.05) is 0 Å². The van der Waals surface area contributed by atoms with Gasteiger partial charge in [-0.15, -0.1) is 11.3 Å². The van der Waals surface area contributed by atoms with Gasteiger partial charge >= 0.3 is 5.69 Å². The van der Waals surface area contributed by atoms with Crippen molar-refractivity contribution in [2.24, 2.45) is 0 Å². The van der Waals surface area contributed by atoms with E-state index in [1.165, 1.54) is 22.0 Å². The van der Waals surface area contributed by atoms with Crippen molar-refractivity contribution in [3.05, 3.63) is 43.6 Å². The third-order valence-electron chi connectivity index (χ3n) is 3.03. The Morgan fingerprint density at radius 2 is 2.30 bits per heavy atom. The maximum absolute atomic E-state index is 12.2. The smallest absolute Gasteiger partial charge is 0.335 e. The van der Waals surface area contributed by atoms with Crippen molar-refractivity contribution in [1.82, 2.24) is 24.8 Å². The Bertz CT molecular complexity index is 951. The number of halogens is 1. The summed E-state index contributed by atoms with van der Waals surface area (Å²) >= 11 is 7.28. The minimum atomic E-state index is -0.596. The fraction of sp³-hybridized carbons (Fsp3) is 0.231. The second-order valence-electron chi connectivity index (χ2n) is 4.51. The van der Waals surface area contributed by atoms with Gasteiger partial charge in [-0.2, -0.15) is 0 Å². The summed E-state index contributed by atoms with van der Waals surface area (Å²) in [7, 11) is 1.78. The number of hydrogen-bond donors (Lipinski definition) is 2. The lowest BCUT2D eigenvalue weighted by atomic mass is 10.3. The highest BCUT2D eigenvalue weighted by molar-refractivity contribution is 7.12. The van der Waals surface area contributed by atoms with E-state index in [4.69, 9.17) is 16.3 Å². The maximum atomic E-state index is 12.2. The van der Waals surface area contributed by atoms with Crippen LogP contribution in [0.15, 0.2) is 27.2 Å². The lowest BCUT2D eigenvalue weighted by Crippen LogP contribution is -2.30. The molecule has 0 aromatic carbocycles. The van der Waals surface area contributed by atoms with Crippen molar-refractivity contribution in [1.29, 1.82) is 0 Å². The van der Waals surface area contributed by atoms with Crippen LogP contribution < -0.4 is 21.3 Å². The Balaban J connectivity index is 2.30. The lowest BCUT2D eigenvalue weighted by molar-refractivity contribution is 0.310. The molecule has 0 bridgehead atoms. The molecule has 3 aromatic rings. The van der Waals surface area contributed by atoms with Gasteiger partial charge < -0.3 is 10.1 Å². The van der Waals surface area contributed by atoms with Crippen LogP contribution in [-0.4, -0.2) is 39.7 Å². The Morgan fingerprint density at radius 1 is 1.48 bits per heavy atom. The first-order chi connectivity index (χ1) is 11.1. The number of ether oxygens (including phenoxy) is 1. The van der Waals surface area contributed by atoms with Gasteiger partial charge in [-0.05, 0) is 7.05 Å². The molecule has 3 heterocycles. The second-order valence-corrected chi connectivity index (χ2v) is 5.77. The van der Waals surface area contributed by atoms with Crippen LogP contribution in [0.3, 0.4) is 0 Å². The summed E-state index contributed by atoms with van der Waals surface area (Å²) in [6.45, 7) is 0.870. The largest absolute Gasteiger partial charge is 0.476 e. The Kier molecular flexibility index (Phi) is 4.42. The van der Waals surface area contributed by atoms with Gasteiger partial charge in [0.2, 0.25) is 5.88 Å².